The van der Waals surface area contributed by atoms with Gasteiger partial charge in [0.25, 0.3) is 0 Å². The summed E-state index contributed by atoms with van der Waals surface area (Å²) in [5.74, 6) is 0.530. The summed E-state index contributed by atoms with van der Waals surface area (Å²) in [4.78, 5) is 0.200. The van der Waals surface area contributed by atoms with Crippen LogP contribution in [0.25, 0.3) is 0 Å². The van der Waals surface area contributed by atoms with Crippen LogP contribution in [0.1, 0.15) is 19.3 Å². The van der Waals surface area contributed by atoms with E-state index < -0.39 is 10.0 Å². The van der Waals surface area contributed by atoms with Crippen molar-refractivity contribution < 1.29 is 23.0 Å². The Hall–Kier alpha value is -1.15. The lowest BCUT2D eigenvalue weighted by Gasteiger charge is -2.11. The van der Waals surface area contributed by atoms with Crippen LogP contribution in [0.15, 0.2) is 29.2 Å². The second-order valence-corrected chi connectivity index (χ2v) is 6.63. The Morgan fingerprint density at radius 3 is 2.71 bits per heavy atom. The topological polar surface area (TPSA) is 84.9 Å². The van der Waals surface area contributed by atoms with E-state index in [1.807, 2.05) is 0 Å². The molecule has 1 saturated heterocycles. The largest absolute Gasteiger partial charge is 0.491 e. The lowest BCUT2D eigenvalue weighted by Crippen LogP contribution is -2.27. The highest BCUT2D eigenvalue weighted by atomic mass is 32.2. The number of hydrogen-bond donors (Lipinski definition) is 2. The Morgan fingerprint density at radius 2 is 2.10 bits per heavy atom. The fourth-order valence-corrected chi connectivity index (χ4v) is 3.24. The third kappa shape index (κ3) is 4.96. The van der Waals surface area contributed by atoms with Crippen LogP contribution in [0.3, 0.4) is 0 Å². The standard InChI is InChI=1S/C14H21NO5S/c16-9-11-20-13-3-5-14(6-4-13)21(17,18)15-8-7-12-2-1-10-19-12/h3-6,12,15-16H,1-2,7-11H2. The lowest BCUT2D eigenvalue weighted by molar-refractivity contribution is 0.105. The van der Waals surface area contributed by atoms with Gasteiger partial charge in [-0.05, 0) is 43.5 Å². The van der Waals surface area contributed by atoms with Gasteiger partial charge in [-0.3, -0.25) is 0 Å². The summed E-state index contributed by atoms with van der Waals surface area (Å²) in [5, 5.41) is 8.66. The van der Waals surface area contributed by atoms with Crippen molar-refractivity contribution in [1.29, 1.82) is 0 Å². The van der Waals surface area contributed by atoms with Crippen molar-refractivity contribution in [2.24, 2.45) is 0 Å². The maximum Gasteiger partial charge on any atom is 0.240 e. The highest BCUT2D eigenvalue weighted by molar-refractivity contribution is 7.89. The maximum absolute atomic E-state index is 12.1. The molecule has 7 heteroatoms. The van der Waals surface area contributed by atoms with E-state index in [0.717, 1.165) is 19.4 Å². The molecule has 0 saturated carbocycles. The molecule has 0 bridgehead atoms. The van der Waals surface area contributed by atoms with Crippen molar-refractivity contribution in [3.63, 3.8) is 0 Å². The van der Waals surface area contributed by atoms with Crippen LogP contribution in [0.2, 0.25) is 0 Å². The van der Waals surface area contributed by atoms with Gasteiger partial charge < -0.3 is 14.6 Å². The number of sulfonamides is 1. The fourth-order valence-electron chi connectivity index (χ4n) is 2.19. The number of hydrogen-bond acceptors (Lipinski definition) is 5. The zero-order chi connectivity index (χ0) is 15.1. The summed E-state index contributed by atoms with van der Waals surface area (Å²) < 4.78 is 37.4. The second-order valence-electron chi connectivity index (χ2n) is 4.86. The van der Waals surface area contributed by atoms with Crippen LogP contribution < -0.4 is 9.46 Å². The first kappa shape index (κ1) is 16.2. The summed E-state index contributed by atoms with van der Waals surface area (Å²) in [6.45, 7) is 1.25. The Kier molecular flexibility index (Phi) is 5.98. The minimum Gasteiger partial charge on any atom is -0.491 e. The average molecular weight is 315 g/mol. The lowest BCUT2D eigenvalue weighted by atomic mass is 10.2. The fraction of sp³-hybridized carbons (Fsp3) is 0.571. The number of rotatable bonds is 8. The molecular formula is C14H21NO5S. The van der Waals surface area contributed by atoms with E-state index in [1.165, 1.54) is 12.1 Å². The van der Waals surface area contributed by atoms with E-state index in [-0.39, 0.29) is 24.2 Å². The maximum atomic E-state index is 12.1. The van der Waals surface area contributed by atoms with Crippen molar-refractivity contribution in [3.8, 4) is 5.75 Å². The summed E-state index contributed by atoms with van der Waals surface area (Å²) in [5.41, 5.74) is 0. The van der Waals surface area contributed by atoms with E-state index in [0.29, 0.717) is 18.7 Å². The van der Waals surface area contributed by atoms with Gasteiger partial charge >= 0.3 is 0 Å². The molecule has 1 aromatic carbocycles. The van der Waals surface area contributed by atoms with Gasteiger partial charge in [-0.1, -0.05) is 0 Å². The van der Waals surface area contributed by atoms with Gasteiger partial charge in [-0.15, -0.1) is 0 Å². The van der Waals surface area contributed by atoms with E-state index >= 15 is 0 Å². The number of aliphatic hydroxyl groups excluding tert-OH is 1. The van der Waals surface area contributed by atoms with Gasteiger partial charge in [0.2, 0.25) is 10.0 Å². The van der Waals surface area contributed by atoms with Gasteiger partial charge in [0, 0.05) is 13.2 Å². The number of nitrogens with one attached hydrogen (secondary N) is 1. The van der Waals surface area contributed by atoms with Crippen LogP contribution in [-0.2, 0) is 14.8 Å². The van der Waals surface area contributed by atoms with E-state index in [4.69, 9.17) is 14.6 Å². The summed E-state index contributed by atoms with van der Waals surface area (Å²) >= 11 is 0. The van der Waals surface area contributed by atoms with Gasteiger partial charge in [0.15, 0.2) is 0 Å². The number of benzene rings is 1. The molecule has 1 heterocycles. The summed E-state index contributed by atoms with van der Waals surface area (Å²) in [6.07, 6.45) is 2.91. The zero-order valence-electron chi connectivity index (χ0n) is 11.8. The van der Waals surface area contributed by atoms with Crippen LogP contribution in [-0.4, -0.2) is 46.0 Å². The monoisotopic (exact) mass is 315 g/mol. The highest BCUT2D eigenvalue weighted by Crippen LogP contribution is 2.17. The molecule has 1 fully saturated rings. The van der Waals surface area contributed by atoms with E-state index in [2.05, 4.69) is 4.72 Å². The molecule has 1 aliphatic heterocycles. The molecule has 1 atom stereocenters. The second kappa shape index (κ2) is 7.74. The molecule has 2 N–H and O–H groups in total. The molecule has 1 unspecified atom stereocenters. The van der Waals surface area contributed by atoms with Crippen molar-refractivity contribution in [3.05, 3.63) is 24.3 Å². The molecule has 0 radical (unpaired) electrons. The third-order valence-electron chi connectivity index (χ3n) is 3.28. The zero-order valence-corrected chi connectivity index (χ0v) is 12.6. The molecule has 1 aliphatic rings. The van der Waals surface area contributed by atoms with E-state index in [9.17, 15) is 8.42 Å². The van der Waals surface area contributed by atoms with Crippen LogP contribution >= 0.6 is 0 Å². The quantitative estimate of drug-likeness (QED) is 0.745. The van der Waals surface area contributed by atoms with Crippen LogP contribution in [0, 0.1) is 0 Å². The highest BCUT2D eigenvalue weighted by Gasteiger charge is 2.18. The first-order valence-corrected chi connectivity index (χ1v) is 8.55. The van der Waals surface area contributed by atoms with Gasteiger partial charge in [-0.25, -0.2) is 13.1 Å². The normalized spacial score (nSPS) is 18.8. The van der Waals surface area contributed by atoms with Gasteiger partial charge in [0.1, 0.15) is 12.4 Å². The minimum absolute atomic E-state index is 0.0785. The Morgan fingerprint density at radius 1 is 1.33 bits per heavy atom. The molecule has 0 aliphatic carbocycles. The number of ether oxygens (including phenoxy) is 2. The first-order valence-electron chi connectivity index (χ1n) is 7.07. The molecule has 1 aromatic rings. The molecule has 0 amide bonds. The average Bonchev–Trinajstić information content (AvgIpc) is 2.98. The molecule has 0 spiro atoms. The molecule has 118 valence electrons. The summed E-state index contributed by atoms with van der Waals surface area (Å²) in [6, 6.07) is 6.12. The Balaban J connectivity index is 1.85. The molecule has 2 rings (SSSR count). The van der Waals surface area contributed by atoms with Gasteiger partial charge in [-0.2, -0.15) is 0 Å². The molecular weight excluding hydrogens is 294 g/mol. The predicted molar refractivity (Wildman–Crippen MR) is 77.8 cm³/mol. The molecule has 21 heavy (non-hydrogen) atoms. The first-order chi connectivity index (χ1) is 10.1. The molecule has 0 aromatic heterocycles. The predicted octanol–water partition coefficient (Wildman–Crippen LogP) is 0.905. The van der Waals surface area contributed by atoms with Crippen molar-refractivity contribution in [2.45, 2.75) is 30.3 Å². The minimum atomic E-state index is -3.50. The van der Waals surface area contributed by atoms with Crippen LogP contribution in [0.5, 0.6) is 5.75 Å². The molecule has 6 nitrogen and oxygen atoms in total. The summed E-state index contributed by atoms with van der Waals surface area (Å²) in [7, 11) is -3.50. The Labute approximate surface area is 125 Å². The van der Waals surface area contributed by atoms with Crippen molar-refractivity contribution in [2.75, 3.05) is 26.4 Å². The van der Waals surface area contributed by atoms with Gasteiger partial charge in [0.05, 0.1) is 17.6 Å². The van der Waals surface area contributed by atoms with Crippen molar-refractivity contribution >= 4 is 10.0 Å². The van der Waals surface area contributed by atoms with E-state index in [1.54, 1.807) is 12.1 Å². The SMILES string of the molecule is O=S(=O)(NCCC1CCCO1)c1ccc(OCCO)cc1. The third-order valence-corrected chi connectivity index (χ3v) is 4.75. The number of aliphatic hydroxyl groups is 1. The smallest absolute Gasteiger partial charge is 0.240 e. The van der Waals surface area contributed by atoms with Crippen molar-refractivity contribution in [1.82, 2.24) is 4.72 Å². The Bertz CT molecular complexity index is 523. The van der Waals surface area contributed by atoms with Crippen LogP contribution in [0.4, 0.5) is 0 Å².